The van der Waals surface area contributed by atoms with Gasteiger partial charge in [-0.25, -0.2) is 4.39 Å². The highest BCUT2D eigenvalue weighted by atomic mass is 19.1. The smallest absolute Gasteiger partial charge is 0.128 e. The molecule has 20 heavy (non-hydrogen) atoms. The van der Waals surface area contributed by atoms with Crippen molar-refractivity contribution in [1.29, 1.82) is 0 Å². The zero-order chi connectivity index (χ0) is 14.2. The van der Waals surface area contributed by atoms with Crippen molar-refractivity contribution in [3.05, 3.63) is 29.6 Å². The summed E-state index contributed by atoms with van der Waals surface area (Å²) in [5, 5.41) is 3.79. The van der Waals surface area contributed by atoms with Crippen LogP contribution in [0.25, 0.3) is 0 Å². The second kappa shape index (κ2) is 5.36. The van der Waals surface area contributed by atoms with Gasteiger partial charge < -0.3 is 10.2 Å². The molecule has 0 aromatic heterocycles. The zero-order valence-electron chi connectivity index (χ0n) is 12.6. The average molecular weight is 276 g/mol. The molecule has 1 saturated heterocycles. The fourth-order valence-corrected chi connectivity index (χ4v) is 3.90. The molecule has 1 aliphatic carbocycles. The number of hydrogen-bond acceptors (Lipinski definition) is 2. The monoisotopic (exact) mass is 276 g/mol. The molecule has 1 spiro atoms. The molecule has 1 aliphatic heterocycles. The van der Waals surface area contributed by atoms with E-state index in [0.29, 0.717) is 6.04 Å². The normalized spacial score (nSPS) is 25.4. The fraction of sp³-hybridized carbons (Fsp3) is 0.647. The second-order valence-corrected chi connectivity index (χ2v) is 6.44. The van der Waals surface area contributed by atoms with E-state index in [-0.39, 0.29) is 11.4 Å². The largest absolute Gasteiger partial charge is 0.365 e. The molecular formula is C17H25FN2. The van der Waals surface area contributed by atoms with Crippen LogP contribution in [0.4, 0.5) is 10.1 Å². The first kappa shape index (κ1) is 13.9. The van der Waals surface area contributed by atoms with Gasteiger partial charge in [-0.2, -0.15) is 0 Å². The SMILES string of the molecule is CCC1CNC2(CCCC2)CN1c1cccc(F)c1C. The quantitative estimate of drug-likeness (QED) is 0.887. The molecule has 2 aliphatic rings. The van der Waals surface area contributed by atoms with Gasteiger partial charge in [-0.1, -0.05) is 25.8 Å². The topological polar surface area (TPSA) is 15.3 Å². The Morgan fingerprint density at radius 2 is 2.10 bits per heavy atom. The molecule has 2 fully saturated rings. The van der Waals surface area contributed by atoms with Gasteiger partial charge in [0.25, 0.3) is 0 Å². The lowest BCUT2D eigenvalue weighted by Crippen LogP contribution is -2.63. The van der Waals surface area contributed by atoms with Gasteiger partial charge in [-0.3, -0.25) is 0 Å². The lowest BCUT2D eigenvalue weighted by molar-refractivity contribution is 0.267. The molecule has 1 N–H and O–H groups in total. The number of benzene rings is 1. The minimum Gasteiger partial charge on any atom is -0.365 e. The van der Waals surface area contributed by atoms with Crippen LogP contribution in [0.1, 0.15) is 44.6 Å². The van der Waals surface area contributed by atoms with E-state index in [4.69, 9.17) is 0 Å². The van der Waals surface area contributed by atoms with Gasteiger partial charge in [-0.15, -0.1) is 0 Å². The fourth-order valence-electron chi connectivity index (χ4n) is 3.90. The molecule has 110 valence electrons. The first-order valence-corrected chi connectivity index (χ1v) is 7.92. The van der Waals surface area contributed by atoms with Crippen molar-refractivity contribution >= 4 is 5.69 Å². The summed E-state index contributed by atoms with van der Waals surface area (Å²) in [5.74, 6) is -0.0867. The number of nitrogens with one attached hydrogen (secondary N) is 1. The molecule has 1 atom stereocenters. The Labute approximate surface area is 121 Å². The minimum atomic E-state index is -0.0867. The summed E-state index contributed by atoms with van der Waals surface area (Å²) < 4.78 is 13.9. The summed E-state index contributed by atoms with van der Waals surface area (Å²) in [7, 11) is 0. The van der Waals surface area contributed by atoms with Crippen molar-refractivity contribution in [2.24, 2.45) is 0 Å². The van der Waals surface area contributed by atoms with Crippen LogP contribution in [0.3, 0.4) is 0 Å². The molecule has 1 saturated carbocycles. The molecule has 0 amide bonds. The number of hydrogen-bond donors (Lipinski definition) is 1. The molecular weight excluding hydrogens is 251 g/mol. The van der Waals surface area contributed by atoms with Crippen LogP contribution >= 0.6 is 0 Å². The highest BCUT2D eigenvalue weighted by molar-refractivity contribution is 5.55. The molecule has 3 rings (SSSR count). The molecule has 3 heteroatoms. The summed E-state index contributed by atoms with van der Waals surface area (Å²) in [5.41, 5.74) is 2.15. The molecule has 1 heterocycles. The van der Waals surface area contributed by atoms with Crippen LogP contribution in [0.5, 0.6) is 0 Å². The number of piperazine rings is 1. The van der Waals surface area contributed by atoms with Gasteiger partial charge in [0.05, 0.1) is 0 Å². The van der Waals surface area contributed by atoms with E-state index in [2.05, 4.69) is 23.2 Å². The molecule has 2 nitrogen and oxygen atoms in total. The highest BCUT2D eigenvalue weighted by Gasteiger charge is 2.41. The van der Waals surface area contributed by atoms with Crippen LogP contribution in [0, 0.1) is 12.7 Å². The Morgan fingerprint density at radius 3 is 2.80 bits per heavy atom. The Bertz CT molecular complexity index is 480. The molecule has 1 aromatic carbocycles. The first-order chi connectivity index (χ1) is 9.65. The average Bonchev–Trinajstić information content (AvgIpc) is 2.90. The van der Waals surface area contributed by atoms with Crippen molar-refractivity contribution in [3.8, 4) is 0 Å². The number of nitrogens with zero attached hydrogens (tertiary/aromatic N) is 1. The van der Waals surface area contributed by atoms with E-state index >= 15 is 0 Å². The van der Waals surface area contributed by atoms with Crippen LogP contribution in [-0.2, 0) is 0 Å². The number of halogens is 1. The van der Waals surface area contributed by atoms with Crippen LogP contribution < -0.4 is 10.2 Å². The van der Waals surface area contributed by atoms with Crippen molar-refractivity contribution in [3.63, 3.8) is 0 Å². The lowest BCUT2D eigenvalue weighted by Gasteiger charge is -2.48. The van der Waals surface area contributed by atoms with Crippen LogP contribution in [-0.4, -0.2) is 24.7 Å². The van der Waals surface area contributed by atoms with Crippen molar-refractivity contribution in [2.75, 3.05) is 18.0 Å². The highest BCUT2D eigenvalue weighted by Crippen LogP contribution is 2.36. The van der Waals surface area contributed by atoms with Gasteiger partial charge in [-0.05, 0) is 38.3 Å². The second-order valence-electron chi connectivity index (χ2n) is 6.44. The van der Waals surface area contributed by atoms with E-state index in [1.165, 1.54) is 25.7 Å². The molecule has 0 radical (unpaired) electrons. The van der Waals surface area contributed by atoms with Gasteiger partial charge in [0.1, 0.15) is 5.82 Å². The van der Waals surface area contributed by atoms with E-state index in [9.17, 15) is 4.39 Å². The van der Waals surface area contributed by atoms with Crippen molar-refractivity contribution in [1.82, 2.24) is 5.32 Å². The zero-order valence-corrected chi connectivity index (χ0v) is 12.6. The standard InChI is InChI=1S/C17H25FN2/c1-3-14-11-19-17(9-4-5-10-17)12-20(14)16-8-6-7-15(18)13(16)2/h6-8,14,19H,3-5,9-12H2,1-2H3. The molecule has 1 aromatic rings. The predicted molar refractivity (Wildman–Crippen MR) is 81.8 cm³/mol. The maximum absolute atomic E-state index is 13.9. The third kappa shape index (κ3) is 2.32. The first-order valence-electron chi connectivity index (χ1n) is 7.92. The summed E-state index contributed by atoms with van der Waals surface area (Å²) in [4.78, 5) is 2.46. The summed E-state index contributed by atoms with van der Waals surface area (Å²) in [6, 6.07) is 5.96. The Morgan fingerprint density at radius 1 is 1.35 bits per heavy atom. The van der Waals surface area contributed by atoms with E-state index in [1.54, 1.807) is 6.07 Å². The van der Waals surface area contributed by atoms with E-state index in [1.807, 2.05) is 13.0 Å². The summed E-state index contributed by atoms with van der Waals surface area (Å²) in [6.45, 7) is 6.17. The van der Waals surface area contributed by atoms with Crippen LogP contribution in [0.15, 0.2) is 18.2 Å². The third-order valence-corrected chi connectivity index (χ3v) is 5.21. The maximum atomic E-state index is 13.9. The Hall–Kier alpha value is -1.09. The molecule has 1 unspecified atom stereocenters. The van der Waals surface area contributed by atoms with Crippen LogP contribution in [0.2, 0.25) is 0 Å². The van der Waals surface area contributed by atoms with Crippen molar-refractivity contribution < 1.29 is 4.39 Å². The van der Waals surface area contributed by atoms with Gasteiger partial charge >= 0.3 is 0 Å². The Kier molecular flexibility index (Phi) is 3.72. The number of rotatable bonds is 2. The Balaban J connectivity index is 1.92. The maximum Gasteiger partial charge on any atom is 0.128 e. The van der Waals surface area contributed by atoms with Gasteiger partial charge in [0.2, 0.25) is 0 Å². The summed E-state index contributed by atoms with van der Waals surface area (Å²) >= 11 is 0. The molecule has 0 bridgehead atoms. The predicted octanol–water partition coefficient (Wildman–Crippen LogP) is 3.64. The lowest BCUT2D eigenvalue weighted by atomic mass is 9.90. The van der Waals surface area contributed by atoms with Crippen molar-refractivity contribution in [2.45, 2.75) is 57.5 Å². The minimum absolute atomic E-state index is 0.0867. The van der Waals surface area contributed by atoms with Gasteiger partial charge in [0, 0.05) is 35.9 Å². The van der Waals surface area contributed by atoms with E-state index < -0.39 is 0 Å². The van der Waals surface area contributed by atoms with E-state index in [0.717, 1.165) is 30.8 Å². The third-order valence-electron chi connectivity index (χ3n) is 5.21. The summed E-state index contributed by atoms with van der Waals surface area (Å²) in [6.07, 6.45) is 6.25. The van der Waals surface area contributed by atoms with Gasteiger partial charge in [0.15, 0.2) is 0 Å². The number of anilines is 1.